The summed E-state index contributed by atoms with van der Waals surface area (Å²) in [5.74, 6) is 0.100. The van der Waals surface area contributed by atoms with Crippen molar-refractivity contribution in [2.24, 2.45) is 0 Å². The zero-order valence-electron chi connectivity index (χ0n) is 13.4. The minimum Gasteiger partial charge on any atom is -0.398 e. The van der Waals surface area contributed by atoms with E-state index in [1.807, 2.05) is 24.3 Å². The molecule has 1 aliphatic rings. The lowest BCUT2D eigenvalue weighted by Gasteiger charge is -2.28. The molecule has 1 aromatic carbocycles. The molecule has 1 saturated carbocycles. The van der Waals surface area contributed by atoms with Gasteiger partial charge in [0, 0.05) is 23.8 Å². The number of rotatable bonds is 7. The Morgan fingerprint density at radius 3 is 2.62 bits per heavy atom. The Morgan fingerprint density at radius 1 is 1.38 bits per heavy atom. The average molecular weight is 289 g/mol. The van der Waals surface area contributed by atoms with Gasteiger partial charge in [0.1, 0.15) is 0 Å². The predicted molar refractivity (Wildman–Crippen MR) is 86.8 cm³/mol. The van der Waals surface area contributed by atoms with Crippen LogP contribution in [0.4, 0.5) is 5.69 Å². The molecule has 1 aromatic rings. The van der Waals surface area contributed by atoms with Gasteiger partial charge in [0.05, 0.1) is 6.54 Å². The lowest BCUT2D eigenvalue weighted by molar-refractivity contribution is -0.124. The second-order valence-corrected chi connectivity index (χ2v) is 6.62. The molecule has 116 valence electrons. The highest BCUT2D eigenvalue weighted by Crippen LogP contribution is 2.29. The number of amides is 1. The molecule has 1 fully saturated rings. The Kier molecular flexibility index (Phi) is 4.88. The largest absolute Gasteiger partial charge is 0.398 e. The Hall–Kier alpha value is -1.55. The molecular formula is C17H27N3O. The number of benzene rings is 1. The SMILES string of the molecule is CCC(C)(C)NC(=O)CN(Cc1ccccc1N)C1CC1. The Balaban J connectivity index is 1.97. The average Bonchev–Trinajstić information content (AvgIpc) is 3.24. The maximum Gasteiger partial charge on any atom is 0.234 e. The Bertz CT molecular complexity index is 495. The van der Waals surface area contributed by atoms with E-state index in [0.717, 1.165) is 24.2 Å². The van der Waals surface area contributed by atoms with Crippen LogP contribution in [0, 0.1) is 0 Å². The number of nitrogen functional groups attached to an aromatic ring is 1. The van der Waals surface area contributed by atoms with Crippen molar-refractivity contribution in [1.29, 1.82) is 0 Å². The second kappa shape index (κ2) is 6.48. The number of nitrogens with two attached hydrogens (primary N) is 1. The molecule has 0 saturated heterocycles. The second-order valence-electron chi connectivity index (χ2n) is 6.62. The summed E-state index contributed by atoms with van der Waals surface area (Å²) in [4.78, 5) is 14.5. The number of hydrogen-bond acceptors (Lipinski definition) is 3. The molecule has 21 heavy (non-hydrogen) atoms. The monoisotopic (exact) mass is 289 g/mol. The minimum absolute atomic E-state index is 0.100. The van der Waals surface area contributed by atoms with Crippen molar-refractivity contribution in [2.75, 3.05) is 12.3 Å². The first kappa shape index (κ1) is 15.8. The van der Waals surface area contributed by atoms with E-state index in [0.29, 0.717) is 12.6 Å². The molecule has 0 bridgehead atoms. The van der Waals surface area contributed by atoms with Gasteiger partial charge < -0.3 is 11.1 Å². The molecule has 0 spiro atoms. The van der Waals surface area contributed by atoms with Crippen LogP contribution < -0.4 is 11.1 Å². The Morgan fingerprint density at radius 2 is 2.05 bits per heavy atom. The predicted octanol–water partition coefficient (Wildman–Crippen LogP) is 2.54. The van der Waals surface area contributed by atoms with Crippen LogP contribution in [0.15, 0.2) is 24.3 Å². The number of hydrogen-bond donors (Lipinski definition) is 2. The van der Waals surface area contributed by atoms with Gasteiger partial charge >= 0.3 is 0 Å². The maximum atomic E-state index is 12.3. The fraction of sp³-hybridized carbons (Fsp3) is 0.588. The first-order valence-corrected chi connectivity index (χ1v) is 7.80. The van der Waals surface area contributed by atoms with Crippen molar-refractivity contribution in [3.8, 4) is 0 Å². The molecule has 4 heteroatoms. The summed E-state index contributed by atoms with van der Waals surface area (Å²) in [6.07, 6.45) is 3.28. The van der Waals surface area contributed by atoms with E-state index in [1.165, 1.54) is 12.8 Å². The lowest BCUT2D eigenvalue weighted by atomic mass is 10.0. The topological polar surface area (TPSA) is 58.4 Å². The summed E-state index contributed by atoms with van der Waals surface area (Å²) in [6.45, 7) is 7.40. The molecule has 0 aliphatic heterocycles. The van der Waals surface area contributed by atoms with Gasteiger partial charge in [-0.05, 0) is 44.7 Å². The van der Waals surface area contributed by atoms with Gasteiger partial charge in [0.2, 0.25) is 5.91 Å². The molecular weight excluding hydrogens is 262 g/mol. The smallest absolute Gasteiger partial charge is 0.234 e. The van der Waals surface area contributed by atoms with Crippen LogP contribution in [0.3, 0.4) is 0 Å². The van der Waals surface area contributed by atoms with Gasteiger partial charge in [-0.2, -0.15) is 0 Å². The van der Waals surface area contributed by atoms with Crippen molar-refractivity contribution in [3.05, 3.63) is 29.8 Å². The van der Waals surface area contributed by atoms with E-state index in [4.69, 9.17) is 5.73 Å². The third-order valence-electron chi connectivity index (χ3n) is 4.20. The number of anilines is 1. The van der Waals surface area contributed by atoms with Crippen LogP contribution in [0.2, 0.25) is 0 Å². The lowest BCUT2D eigenvalue weighted by Crippen LogP contribution is -2.47. The molecule has 2 rings (SSSR count). The highest BCUT2D eigenvalue weighted by molar-refractivity contribution is 5.78. The minimum atomic E-state index is -0.141. The van der Waals surface area contributed by atoms with Crippen LogP contribution in [0.5, 0.6) is 0 Å². The fourth-order valence-electron chi connectivity index (χ4n) is 2.34. The van der Waals surface area contributed by atoms with E-state index in [1.54, 1.807) is 0 Å². The van der Waals surface area contributed by atoms with Crippen molar-refractivity contribution < 1.29 is 4.79 Å². The third-order valence-corrected chi connectivity index (χ3v) is 4.20. The third kappa shape index (κ3) is 4.74. The number of nitrogens with zero attached hydrogens (tertiary/aromatic N) is 1. The van der Waals surface area contributed by atoms with Gasteiger partial charge in [-0.25, -0.2) is 0 Å². The van der Waals surface area contributed by atoms with Crippen LogP contribution in [0.25, 0.3) is 0 Å². The summed E-state index contributed by atoms with van der Waals surface area (Å²) < 4.78 is 0. The summed E-state index contributed by atoms with van der Waals surface area (Å²) in [5.41, 5.74) is 7.78. The van der Waals surface area contributed by atoms with Gasteiger partial charge in [0.15, 0.2) is 0 Å². The molecule has 1 aliphatic carbocycles. The van der Waals surface area contributed by atoms with Gasteiger partial charge in [-0.3, -0.25) is 9.69 Å². The van der Waals surface area contributed by atoms with Crippen molar-refractivity contribution in [2.45, 2.75) is 58.2 Å². The number of carbonyl (C=O) groups is 1. The Labute approximate surface area is 127 Å². The number of carbonyl (C=O) groups excluding carboxylic acids is 1. The highest BCUT2D eigenvalue weighted by Gasteiger charge is 2.31. The molecule has 0 atom stereocenters. The van der Waals surface area contributed by atoms with Gasteiger partial charge in [0.25, 0.3) is 0 Å². The molecule has 0 unspecified atom stereocenters. The molecule has 0 aromatic heterocycles. The fourth-order valence-corrected chi connectivity index (χ4v) is 2.34. The molecule has 0 heterocycles. The van der Waals surface area contributed by atoms with E-state index >= 15 is 0 Å². The molecule has 1 amide bonds. The summed E-state index contributed by atoms with van der Waals surface area (Å²) in [5, 5.41) is 3.11. The molecule has 3 N–H and O–H groups in total. The first-order valence-electron chi connectivity index (χ1n) is 7.80. The van der Waals surface area contributed by atoms with Crippen molar-refractivity contribution >= 4 is 11.6 Å². The van der Waals surface area contributed by atoms with Crippen LogP contribution in [0.1, 0.15) is 45.6 Å². The molecule has 0 radical (unpaired) electrons. The summed E-state index contributed by atoms with van der Waals surface area (Å²) in [7, 11) is 0. The van der Waals surface area contributed by atoms with Crippen LogP contribution in [-0.2, 0) is 11.3 Å². The zero-order valence-corrected chi connectivity index (χ0v) is 13.4. The normalized spacial score (nSPS) is 15.2. The van der Waals surface area contributed by atoms with E-state index in [-0.39, 0.29) is 11.4 Å². The number of para-hydroxylation sites is 1. The van der Waals surface area contributed by atoms with Gasteiger partial charge in [-0.15, -0.1) is 0 Å². The quantitative estimate of drug-likeness (QED) is 0.758. The van der Waals surface area contributed by atoms with Crippen LogP contribution in [-0.4, -0.2) is 28.9 Å². The van der Waals surface area contributed by atoms with Crippen molar-refractivity contribution in [3.63, 3.8) is 0 Å². The molecule has 4 nitrogen and oxygen atoms in total. The van der Waals surface area contributed by atoms with E-state index in [2.05, 4.69) is 31.0 Å². The van der Waals surface area contributed by atoms with Crippen LogP contribution >= 0.6 is 0 Å². The van der Waals surface area contributed by atoms with E-state index in [9.17, 15) is 4.79 Å². The number of nitrogens with one attached hydrogen (secondary N) is 1. The maximum absolute atomic E-state index is 12.3. The summed E-state index contributed by atoms with van der Waals surface area (Å²) in [6, 6.07) is 8.42. The van der Waals surface area contributed by atoms with E-state index < -0.39 is 0 Å². The van der Waals surface area contributed by atoms with Crippen molar-refractivity contribution in [1.82, 2.24) is 10.2 Å². The highest BCUT2D eigenvalue weighted by atomic mass is 16.2. The first-order chi connectivity index (χ1) is 9.91. The summed E-state index contributed by atoms with van der Waals surface area (Å²) >= 11 is 0. The standard InChI is InChI=1S/C17H27N3O/c1-4-17(2,3)19-16(21)12-20(14-9-10-14)11-13-7-5-6-8-15(13)18/h5-8,14H,4,9-12,18H2,1-3H3,(H,19,21). The van der Waals surface area contributed by atoms with Gasteiger partial charge in [-0.1, -0.05) is 25.1 Å². The zero-order chi connectivity index (χ0) is 15.5.